The van der Waals surface area contributed by atoms with Crippen LogP contribution >= 0.6 is 11.3 Å². The first-order valence-corrected chi connectivity index (χ1v) is 7.38. The van der Waals surface area contributed by atoms with Crippen molar-refractivity contribution in [2.75, 3.05) is 5.32 Å². The maximum Gasteiger partial charge on any atom is 0.275 e. The smallest absolute Gasteiger partial charge is 0.275 e. The van der Waals surface area contributed by atoms with E-state index in [2.05, 4.69) is 15.4 Å². The van der Waals surface area contributed by atoms with Crippen LogP contribution in [-0.4, -0.2) is 20.7 Å². The molecule has 5 nitrogen and oxygen atoms in total. The SMILES string of the molecule is Cc1ccc(-c2ccnn2C)cc1NC(=O)c1cscn1. The highest BCUT2D eigenvalue weighted by Crippen LogP contribution is 2.25. The minimum Gasteiger partial charge on any atom is -0.320 e. The van der Waals surface area contributed by atoms with Gasteiger partial charge in [0.1, 0.15) is 5.69 Å². The lowest BCUT2D eigenvalue weighted by molar-refractivity contribution is 0.102. The largest absolute Gasteiger partial charge is 0.320 e. The Morgan fingerprint density at radius 3 is 2.86 bits per heavy atom. The summed E-state index contributed by atoms with van der Waals surface area (Å²) in [4.78, 5) is 16.1. The molecule has 0 saturated carbocycles. The lowest BCUT2D eigenvalue weighted by atomic mass is 10.1. The quantitative estimate of drug-likeness (QED) is 0.808. The van der Waals surface area contributed by atoms with Crippen molar-refractivity contribution in [2.45, 2.75) is 6.92 Å². The van der Waals surface area contributed by atoms with Gasteiger partial charge in [-0.05, 0) is 24.6 Å². The van der Waals surface area contributed by atoms with Crippen molar-refractivity contribution in [3.8, 4) is 11.3 Å². The van der Waals surface area contributed by atoms with Gasteiger partial charge in [-0.3, -0.25) is 9.48 Å². The topological polar surface area (TPSA) is 59.8 Å². The molecule has 0 saturated heterocycles. The lowest BCUT2D eigenvalue weighted by Crippen LogP contribution is -2.13. The van der Waals surface area contributed by atoms with Gasteiger partial charge in [0.2, 0.25) is 0 Å². The minimum absolute atomic E-state index is 0.193. The molecule has 0 aliphatic carbocycles. The van der Waals surface area contributed by atoms with E-state index in [9.17, 15) is 4.79 Å². The van der Waals surface area contributed by atoms with Crippen LogP contribution in [0.4, 0.5) is 5.69 Å². The van der Waals surface area contributed by atoms with Crippen LogP contribution in [0.1, 0.15) is 16.1 Å². The zero-order chi connectivity index (χ0) is 14.8. The van der Waals surface area contributed by atoms with Crippen molar-refractivity contribution < 1.29 is 4.79 Å². The summed E-state index contributed by atoms with van der Waals surface area (Å²) < 4.78 is 1.80. The fourth-order valence-corrected chi connectivity index (χ4v) is 2.62. The lowest BCUT2D eigenvalue weighted by Gasteiger charge is -2.10. The number of amides is 1. The molecule has 1 aromatic carbocycles. The van der Waals surface area contributed by atoms with E-state index < -0.39 is 0 Å². The Hall–Kier alpha value is -2.47. The number of nitrogens with zero attached hydrogens (tertiary/aromatic N) is 3. The van der Waals surface area contributed by atoms with E-state index in [0.717, 1.165) is 22.5 Å². The van der Waals surface area contributed by atoms with E-state index in [0.29, 0.717) is 5.69 Å². The van der Waals surface area contributed by atoms with E-state index in [1.54, 1.807) is 21.8 Å². The van der Waals surface area contributed by atoms with E-state index in [1.807, 2.05) is 38.2 Å². The Balaban J connectivity index is 1.92. The van der Waals surface area contributed by atoms with Crippen LogP contribution in [0.5, 0.6) is 0 Å². The van der Waals surface area contributed by atoms with Gasteiger partial charge in [0.25, 0.3) is 5.91 Å². The number of carbonyl (C=O) groups excluding carboxylic acids is 1. The fraction of sp³-hybridized carbons (Fsp3) is 0.133. The Bertz CT molecular complexity index is 777. The standard InChI is InChI=1S/C15H14N4OS/c1-10-3-4-11(14-5-6-17-19(14)2)7-12(10)18-15(20)13-8-21-9-16-13/h3-9H,1-2H3,(H,18,20). The van der Waals surface area contributed by atoms with Crippen LogP contribution < -0.4 is 5.32 Å². The summed E-state index contributed by atoms with van der Waals surface area (Å²) >= 11 is 1.40. The zero-order valence-corrected chi connectivity index (χ0v) is 12.5. The van der Waals surface area contributed by atoms with Gasteiger partial charge in [-0.15, -0.1) is 11.3 Å². The summed E-state index contributed by atoms with van der Waals surface area (Å²) in [6, 6.07) is 7.90. The molecule has 0 bridgehead atoms. The number of aromatic nitrogens is 3. The number of hydrogen-bond donors (Lipinski definition) is 1. The van der Waals surface area contributed by atoms with Crippen molar-refractivity contribution in [1.82, 2.24) is 14.8 Å². The molecule has 0 fully saturated rings. The Morgan fingerprint density at radius 2 is 2.19 bits per heavy atom. The predicted octanol–water partition coefficient (Wildman–Crippen LogP) is 3.10. The molecule has 3 rings (SSSR count). The van der Waals surface area contributed by atoms with Crippen LogP contribution in [-0.2, 0) is 7.05 Å². The second kappa shape index (κ2) is 5.49. The van der Waals surface area contributed by atoms with Crippen LogP contribution in [0.3, 0.4) is 0 Å². The molecule has 6 heteroatoms. The van der Waals surface area contributed by atoms with Crippen LogP contribution in [0, 0.1) is 6.92 Å². The molecule has 0 aliphatic heterocycles. The summed E-state index contributed by atoms with van der Waals surface area (Å²) in [5.74, 6) is -0.193. The monoisotopic (exact) mass is 298 g/mol. The summed E-state index contributed by atoms with van der Waals surface area (Å²) in [7, 11) is 1.89. The van der Waals surface area contributed by atoms with Crippen molar-refractivity contribution >= 4 is 22.9 Å². The summed E-state index contributed by atoms with van der Waals surface area (Å²) in [6.45, 7) is 1.96. The van der Waals surface area contributed by atoms with Crippen LogP contribution in [0.15, 0.2) is 41.4 Å². The summed E-state index contributed by atoms with van der Waals surface area (Å²) in [5, 5.41) is 8.81. The Morgan fingerprint density at radius 1 is 1.33 bits per heavy atom. The molecule has 0 atom stereocenters. The second-order valence-corrected chi connectivity index (χ2v) is 5.42. The molecule has 1 amide bonds. The molecule has 2 heterocycles. The van der Waals surface area contributed by atoms with Gasteiger partial charge in [0, 0.05) is 29.9 Å². The highest BCUT2D eigenvalue weighted by molar-refractivity contribution is 7.07. The summed E-state index contributed by atoms with van der Waals surface area (Å²) in [5.41, 5.74) is 5.88. The van der Waals surface area contributed by atoms with Crippen LogP contribution in [0.2, 0.25) is 0 Å². The fourth-order valence-electron chi connectivity index (χ4n) is 2.08. The van der Waals surface area contributed by atoms with E-state index in [-0.39, 0.29) is 5.91 Å². The first-order valence-electron chi connectivity index (χ1n) is 6.44. The molecule has 21 heavy (non-hydrogen) atoms. The molecule has 3 aromatic rings. The summed E-state index contributed by atoms with van der Waals surface area (Å²) in [6.07, 6.45) is 1.75. The molecule has 0 unspecified atom stereocenters. The molecular formula is C15H14N4OS. The number of aryl methyl sites for hydroxylation is 2. The van der Waals surface area contributed by atoms with Crippen LogP contribution in [0.25, 0.3) is 11.3 Å². The number of benzene rings is 1. The average molecular weight is 298 g/mol. The van der Waals surface area contributed by atoms with Gasteiger partial charge in [-0.2, -0.15) is 5.10 Å². The number of anilines is 1. The molecule has 106 valence electrons. The molecule has 0 aliphatic rings. The predicted molar refractivity (Wildman–Crippen MR) is 83.4 cm³/mol. The second-order valence-electron chi connectivity index (χ2n) is 4.70. The number of carbonyl (C=O) groups is 1. The van der Waals surface area contributed by atoms with Crippen molar-refractivity contribution in [3.63, 3.8) is 0 Å². The van der Waals surface area contributed by atoms with Gasteiger partial charge in [-0.1, -0.05) is 12.1 Å². The van der Waals surface area contributed by atoms with Gasteiger partial charge in [-0.25, -0.2) is 4.98 Å². The van der Waals surface area contributed by atoms with Gasteiger partial charge < -0.3 is 5.32 Å². The number of thiazole rings is 1. The first-order chi connectivity index (χ1) is 10.1. The van der Waals surface area contributed by atoms with E-state index in [1.165, 1.54) is 11.3 Å². The van der Waals surface area contributed by atoms with Crippen molar-refractivity contribution in [1.29, 1.82) is 0 Å². The molecule has 0 spiro atoms. The third-order valence-electron chi connectivity index (χ3n) is 3.27. The van der Waals surface area contributed by atoms with Crippen molar-refractivity contribution in [3.05, 3.63) is 52.6 Å². The minimum atomic E-state index is -0.193. The molecule has 0 radical (unpaired) electrons. The number of hydrogen-bond acceptors (Lipinski definition) is 4. The molecule has 2 aromatic heterocycles. The first kappa shape index (κ1) is 13.5. The zero-order valence-electron chi connectivity index (χ0n) is 11.7. The average Bonchev–Trinajstić information content (AvgIpc) is 3.12. The van der Waals surface area contributed by atoms with Gasteiger partial charge in [0.05, 0.1) is 11.2 Å². The highest BCUT2D eigenvalue weighted by Gasteiger charge is 2.11. The number of nitrogens with one attached hydrogen (secondary N) is 1. The van der Waals surface area contributed by atoms with E-state index >= 15 is 0 Å². The van der Waals surface area contributed by atoms with Gasteiger partial charge >= 0.3 is 0 Å². The third-order valence-corrected chi connectivity index (χ3v) is 3.85. The Labute approximate surface area is 126 Å². The van der Waals surface area contributed by atoms with Crippen molar-refractivity contribution in [2.24, 2.45) is 7.05 Å². The molecule has 1 N–H and O–H groups in total. The maximum atomic E-state index is 12.1. The van der Waals surface area contributed by atoms with E-state index in [4.69, 9.17) is 0 Å². The highest BCUT2D eigenvalue weighted by atomic mass is 32.1. The normalized spacial score (nSPS) is 10.6. The Kier molecular flexibility index (Phi) is 3.53. The number of rotatable bonds is 3. The third kappa shape index (κ3) is 2.71. The molecular weight excluding hydrogens is 284 g/mol. The maximum absolute atomic E-state index is 12.1. The van der Waals surface area contributed by atoms with Gasteiger partial charge in [0.15, 0.2) is 0 Å².